The molecular formula is C40H71NO13. The van der Waals surface area contributed by atoms with Gasteiger partial charge in [0.05, 0.1) is 32.0 Å². The Morgan fingerprint density at radius 1 is 0.648 bits per heavy atom. The van der Waals surface area contributed by atoms with Crippen molar-refractivity contribution < 1.29 is 64.6 Å². The number of allylic oxidation sites excluding steroid dienone is 5. The van der Waals surface area contributed by atoms with Crippen molar-refractivity contribution in [3.8, 4) is 0 Å². The molecule has 0 saturated carbocycles. The molecule has 2 rings (SSSR count). The zero-order valence-corrected chi connectivity index (χ0v) is 32.4. The Balaban J connectivity index is 1.97. The lowest BCUT2D eigenvalue weighted by atomic mass is 9.97. The topological polar surface area (TPSA) is 228 Å². The van der Waals surface area contributed by atoms with Gasteiger partial charge in [0.1, 0.15) is 48.8 Å². The number of amides is 1. The molecule has 2 heterocycles. The first kappa shape index (κ1) is 48.4. The van der Waals surface area contributed by atoms with Crippen molar-refractivity contribution in [2.75, 3.05) is 19.8 Å². The number of rotatable bonds is 28. The second kappa shape index (κ2) is 28.6. The van der Waals surface area contributed by atoms with Crippen molar-refractivity contribution in [1.29, 1.82) is 0 Å². The summed E-state index contributed by atoms with van der Waals surface area (Å²) in [5, 5.41) is 86.0. The number of carbonyl (C=O) groups excluding carboxylic acids is 1. The van der Waals surface area contributed by atoms with E-state index in [0.29, 0.717) is 12.8 Å². The molecule has 1 amide bonds. The third-order valence-electron chi connectivity index (χ3n) is 9.80. The Morgan fingerprint density at radius 2 is 1.20 bits per heavy atom. The third-order valence-corrected chi connectivity index (χ3v) is 9.80. The monoisotopic (exact) mass is 773 g/mol. The van der Waals surface area contributed by atoms with Crippen LogP contribution in [0.25, 0.3) is 0 Å². The highest BCUT2D eigenvalue weighted by atomic mass is 16.7. The first-order valence-electron chi connectivity index (χ1n) is 20.2. The summed E-state index contributed by atoms with van der Waals surface area (Å²) in [7, 11) is 0. The molecule has 2 fully saturated rings. The fraction of sp³-hybridized carbons (Fsp3) is 0.825. The van der Waals surface area contributed by atoms with Crippen molar-refractivity contribution in [2.45, 2.75) is 190 Å². The molecule has 314 valence electrons. The van der Waals surface area contributed by atoms with Gasteiger partial charge >= 0.3 is 0 Å². The maximum absolute atomic E-state index is 13.0. The van der Waals surface area contributed by atoms with E-state index in [9.17, 15) is 45.6 Å². The molecule has 0 aromatic carbocycles. The first-order valence-corrected chi connectivity index (χ1v) is 20.2. The minimum Gasteiger partial charge on any atom is -0.394 e. The highest BCUT2D eigenvalue weighted by Gasteiger charge is 2.50. The molecule has 9 N–H and O–H groups in total. The molecule has 2 aliphatic heterocycles. The smallest absolute Gasteiger partial charge is 0.220 e. The van der Waals surface area contributed by atoms with Gasteiger partial charge in [-0.3, -0.25) is 4.79 Å². The van der Waals surface area contributed by atoms with Crippen LogP contribution in [0.1, 0.15) is 117 Å². The molecule has 0 radical (unpaired) electrons. The molecule has 12 atom stereocenters. The third kappa shape index (κ3) is 17.6. The summed E-state index contributed by atoms with van der Waals surface area (Å²) in [5.41, 5.74) is 0. The number of carbonyl (C=O) groups is 1. The molecule has 2 saturated heterocycles. The number of hydrogen-bond donors (Lipinski definition) is 9. The van der Waals surface area contributed by atoms with Crippen LogP contribution < -0.4 is 5.32 Å². The van der Waals surface area contributed by atoms with Gasteiger partial charge in [-0.15, -0.1) is 0 Å². The van der Waals surface area contributed by atoms with E-state index in [1.54, 1.807) is 6.08 Å². The number of unbranched alkanes of at least 4 members (excludes halogenated alkanes) is 11. The van der Waals surface area contributed by atoms with Gasteiger partial charge in [-0.2, -0.15) is 0 Å². The SMILES string of the molecule is CCCC/C=C\CCCCCCCC(=O)NC(COC1OC(CO)C(OC2OC(CO)C(O)C(O)C2O)C(O)C1O)C(O)/C=C/CC/C=C/CCCCC. The summed E-state index contributed by atoms with van der Waals surface area (Å²) < 4.78 is 22.5. The van der Waals surface area contributed by atoms with Gasteiger partial charge in [0.15, 0.2) is 12.6 Å². The van der Waals surface area contributed by atoms with E-state index < -0.39 is 86.8 Å². The standard InChI is InChI=1S/C40H71NO13/c1-3-5-7-9-11-13-14-16-18-20-22-24-32(45)41-28(29(44)23-21-19-17-15-12-10-8-6-4-2)27-51-39-37(50)35(48)38(31(26-43)53-39)54-40-36(49)34(47)33(46)30(25-42)52-40/h9,11-12,15,21,23,28-31,33-40,42-44,46-50H,3-8,10,13-14,16-20,22,24-27H2,1-2H3,(H,41,45)/b11-9-,15-12+,23-21+. The molecule has 54 heavy (non-hydrogen) atoms. The number of aliphatic hydroxyl groups excluding tert-OH is 8. The van der Waals surface area contributed by atoms with E-state index in [0.717, 1.165) is 57.8 Å². The van der Waals surface area contributed by atoms with Crippen LogP contribution in [-0.2, 0) is 23.7 Å². The molecule has 0 spiro atoms. The average Bonchev–Trinajstić information content (AvgIpc) is 3.17. The van der Waals surface area contributed by atoms with Crippen LogP contribution in [0.5, 0.6) is 0 Å². The molecule has 0 aromatic heterocycles. The van der Waals surface area contributed by atoms with Crippen molar-refractivity contribution in [2.24, 2.45) is 0 Å². The largest absolute Gasteiger partial charge is 0.394 e. The molecule has 2 aliphatic rings. The Morgan fingerprint density at radius 3 is 1.87 bits per heavy atom. The highest BCUT2D eigenvalue weighted by molar-refractivity contribution is 5.76. The normalized spacial score (nSPS) is 30.4. The fourth-order valence-corrected chi connectivity index (χ4v) is 6.34. The summed E-state index contributed by atoms with van der Waals surface area (Å²) >= 11 is 0. The van der Waals surface area contributed by atoms with E-state index in [-0.39, 0.29) is 18.9 Å². The minimum atomic E-state index is -1.79. The Bertz CT molecular complexity index is 1060. The zero-order valence-electron chi connectivity index (χ0n) is 32.4. The first-order chi connectivity index (χ1) is 26.1. The lowest BCUT2D eigenvalue weighted by Crippen LogP contribution is -2.65. The van der Waals surface area contributed by atoms with Crippen LogP contribution in [0.3, 0.4) is 0 Å². The van der Waals surface area contributed by atoms with Crippen molar-refractivity contribution in [3.05, 3.63) is 36.5 Å². The van der Waals surface area contributed by atoms with Gasteiger partial charge < -0.3 is 65.1 Å². The van der Waals surface area contributed by atoms with Gasteiger partial charge in [0, 0.05) is 6.42 Å². The van der Waals surface area contributed by atoms with E-state index >= 15 is 0 Å². The van der Waals surface area contributed by atoms with E-state index in [4.69, 9.17) is 18.9 Å². The van der Waals surface area contributed by atoms with Gasteiger partial charge in [-0.25, -0.2) is 0 Å². The summed E-state index contributed by atoms with van der Waals surface area (Å²) in [4.78, 5) is 13.0. The molecule has 0 aliphatic carbocycles. The Labute approximate surface area is 321 Å². The fourth-order valence-electron chi connectivity index (χ4n) is 6.34. The van der Waals surface area contributed by atoms with Crippen LogP contribution in [0, 0.1) is 0 Å². The lowest BCUT2D eigenvalue weighted by Gasteiger charge is -2.46. The van der Waals surface area contributed by atoms with Gasteiger partial charge in [0.2, 0.25) is 5.91 Å². The molecule has 12 unspecified atom stereocenters. The van der Waals surface area contributed by atoms with Gasteiger partial charge in [0.25, 0.3) is 0 Å². The molecule has 0 bridgehead atoms. The van der Waals surface area contributed by atoms with E-state index in [2.05, 4.69) is 43.5 Å². The minimum absolute atomic E-state index is 0.261. The summed E-state index contributed by atoms with van der Waals surface area (Å²) in [6.07, 6.45) is 10.8. The summed E-state index contributed by atoms with van der Waals surface area (Å²) in [6, 6.07) is -0.929. The van der Waals surface area contributed by atoms with Crippen molar-refractivity contribution in [1.82, 2.24) is 5.32 Å². The maximum atomic E-state index is 13.0. The lowest BCUT2D eigenvalue weighted by molar-refractivity contribution is -0.359. The van der Waals surface area contributed by atoms with E-state index in [1.807, 2.05) is 6.08 Å². The van der Waals surface area contributed by atoms with Crippen LogP contribution in [0.2, 0.25) is 0 Å². The zero-order chi connectivity index (χ0) is 39.7. The number of hydrogen-bond acceptors (Lipinski definition) is 13. The van der Waals surface area contributed by atoms with Crippen LogP contribution in [0.15, 0.2) is 36.5 Å². The van der Waals surface area contributed by atoms with Crippen LogP contribution in [-0.4, -0.2) is 140 Å². The Hall–Kier alpha value is -1.79. The summed E-state index contributed by atoms with van der Waals surface area (Å²) in [5.74, 6) is -0.267. The molecule has 14 nitrogen and oxygen atoms in total. The predicted molar refractivity (Wildman–Crippen MR) is 203 cm³/mol. The second-order valence-electron chi connectivity index (χ2n) is 14.4. The molecule has 0 aromatic rings. The summed E-state index contributed by atoms with van der Waals surface area (Å²) in [6.45, 7) is 2.61. The number of ether oxygens (including phenoxy) is 4. The van der Waals surface area contributed by atoms with Crippen molar-refractivity contribution in [3.63, 3.8) is 0 Å². The highest BCUT2D eigenvalue weighted by Crippen LogP contribution is 2.29. The number of aliphatic hydroxyl groups is 8. The second-order valence-corrected chi connectivity index (χ2v) is 14.4. The Kier molecular flexibility index (Phi) is 25.6. The quantitative estimate of drug-likeness (QED) is 0.0412. The van der Waals surface area contributed by atoms with Crippen LogP contribution in [0.4, 0.5) is 0 Å². The van der Waals surface area contributed by atoms with E-state index in [1.165, 1.54) is 25.7 Å². The van der Waals surface area contributed by atoms with Gasteiger partial charge in [-0.1, -0.05) is 95.2 Å². The predicted octanol–water partition coefficient (Wildman–Crippen LogP) is 2.42. The maximum Gasteiger partial charge on any atom is 0.220 e. The van der Waals surface area contributed by atoms with Crippen LogP contribution >= 0.6 is 0 Å². The molecular weight excluding hydrogens is 702 g/mol. The average molecular weight is 774 g/mol. The number of nitrogens with one attached hydrogen (secondary N) is 1. The van der Waals surface area contributed by atoms with Crippen molar-refractivity contribution >= 4 is 5.91 Å². The molecule has 14 heteroatoms. The van der Waals surface area contributed by atoms with Gasteiger partial charge in [-0.05, 0) is 51.4 Å².